The van der Waals surface area contributed by atoms with Gasteiger partial charge in [-0.1, -0.05) is 12.1 Å². The molecule has 0 atom stereocenters. The number of hydrogen-bond donors (Lipinski definition) is 3. The number of rotatable bonds is 4. The van der Waals surface area contributed by atoms with Gasteiger partial charge < -0.3 is 25.6 Å². The van der Waals surface area contributed by atoms with Crippen molar-refractivity contribution in [2.45, 2.75) is 18.4 Å². The minimum Gasteiger partial charge on any atom is -0.495 e. The third kappa shape index (κ3) is 3.85. The Morgan fingerprint density at radius 1 is 1.45 bits per heavy atom. The molecule has 1 heterocycles. The van der Waals surface area contributed by atoms with E-state index < -0.39 is 5.60 Å². The molecule has 1 aliphatic heterocycles. The van der Waals surface area contributed by atoms with E-state index >= 15 is 0 Å². The number of nitrogens with zero attached hydrogens (tertiary/aromatic N) is 1. The van der Waals surface area contributed by atoms with Gasteiger partial charge in [-0.05, 0) is 12.1 Å². The topological polar surface area (TPSA) is 89.1 Å². The molecule has 1 fully saturated rings. The number of ether oxygens (including phenoxy) is 2. The van der Waals surface area contributed by atoms with Crippen molar-refractivity contribution in [3.63, 3.8) is 0 Å². The summed E-state index contributed by atoms with van der Waals surface area (Å²) in [6.07, 6.45) is 1.16. The van der Waals surface area contributed by atoms with E-state index in [4.69, 9.17) is 15.2 Å². The van der Waals surface area contributed by atoms with Crippen LogP contribution in [0.3, 0.4) is 0 Å². The van der Waals surface area contributed by atoms with Crippen LogP contribution in [0.4, 0.5) is 5.69 Å². The van der Waals surface area contributed by atoms with E-state index in [0.29, 0.717) is 31.8 Å². The summed E-state index contributed by atoms with van der Waals surface area (Å²) in [5.74, 6) is 0.949. The Balaban J connectivity index is 1.96. The minimum atomic E-state index is -0.814. The molecule has 2 rings (SSSR count). The van der Waals surface area contributed by atoms with Crippen molar-refractivity contribution in [1.29, 1.82) is 0 Å². The van der Waals surface area contributed by atoms with Gasteiger partial charge in [0, 0.05) is 26.1 Å². The Hall–Kier alpha value is -1.79. The smallest absolute Gasteiger partial charge is 0.193 e. The van der Waals surface area contributed by atoms with Crippen LogP contribution in [0.25, 0.3) is 0 Å². The Kier molecular flexibility index (Phi) is 4.81. The maximum atomic E-state index is 10.3. The van der Waals surface area contributed by atoms with Gasteiger partial charge >= 0.3 is 0 Å². The average Bonchev–Trinajstić information content (AvgIpc) is 2.47. The fourth-order valence-corrected chi connectivity index (χ4v) is 2.07. The fraction of sp³-hybridized carbons (Fsp3) is 0.500. The van der Waals surface area contributed by atoms with Crippen molar-refractivity contribution < 1.29 is 14.6 Å². The van der Waals surface area contributed by atoms with Crippen LogP contribution in [0, 0.1) is 0 Å². The summed E-state index contributed by atoms with van der Waals surface area (Å²) in [6, 6.07) is 7.44. The van der Waals surface area contributed by atoms with E-state index in [1.807, 2.05) is 24.3 Å². The lowest BCUT2D eigenvalue weighted by molar-refractivity contribution is -0.0565. The molecule has 0 unspecified atom stereocenters. The van der Waals surface area contributed by atoms with Gasteiger partial charge in [0.25, 0.3) is 0 Å². The summed E-state index contributed by atoms with van der Waals surface area (Å²) in [5, 5.41) is 13.3. The number of nitrogens with one attached hydrogen (secondary N) is 1. The number of benzene rings is 1. The molecular weight excluding hydrogens is 258 g/mol. The molecule has 1 saturated heterocycles. The zero-order chi connectivity index (χ0) is 14.4. The van der Waals surface area contributed by atoms with Crippen LogP contribution in [0.15, 0.2) is 29.3 Å². The molecule has 0 radical (unpaired) electrons. The second kappa shape index (κ2) is 6.58. The first-order chi connectivity index (χ1) is 9.63. The summed E-state index contributed by atoms with van der Waals surface area (Å²) in [5.41, 5.74) is 5.78. The quantitative estimate of drug-likeness (QED) is 0.564. The van der Waals surface area contributed by atoms with Crippen LogP contribution < -0.4 is 15.8 Å². The van der Waals surface area contributed by atoms with Crippen molar-refractivity contribution in [3.8, 4) is 5.75 Å². The predicted molar refractivity (Wildman–Crippen MR) is 78.1 cm³/mol. The SMILES string of the molecule is COc1ccccc1NC(N)=NCC1(O)CCOCC1. The Morgan fingerprint density at radius 2 is 2.15 bits per heavy atom. The molecule has 0 spiro atoms. The molecule has 1 aromatic carbocycles. The van der Waals surface area contributed by atoms with Crippen molar-refractivity contribution in [2.24, 2.45) is 10.7 Å². The van der Waals surface area contributed by atoms with Crippen molar-refractivity contribution >= 4 is 11.6 Å². The second-order valence-electron chi connectivity index (χ2n) is 4.86. The molecule has 0 aromatic heterocycles. The van der Waals surface area contributed by atoms with E-state index in [1.165, 1.54) is 0 Å². The maximum absolute atomic E-state index is 10.3. The van der Waals surface area contributed by atoms with Crippen LogP contribution >= 0.6 is 0 Å². The fourth-order valence-electron chi connectivity index (χ4n) is 2.07. The molecule has 0 amide bonds. The highest BCUT2D eigenvalue weighted by molar-refractivity contribution is 5.93. The number of methoxy groups -OCH3 is 1. The van der Waals surface area contributed by atoms with Gasteiger partial charge in [0.2, 0.25) is 0 Å². The zero-order valence-electron chi connectivity index (χ0n) is 11.6. The highest BCUT2D eigenvalue weighted by atomic mass is 16.5. The highest BCUT2D eigenvalue weighted by Crippen LogP contribution is 2.23. The number of para-hydroxylation sites is 2. The lowest BCUT2D eigenvalue weighted by Crippen LogP contribution is -2.40. The molecular formula is C14H21N3O3. The van der Waals surface area contributed by atoms with Crippen LogP contribution in [0.2, 0.25) is 0 Å². The molecule has 6 heteroatoms. The van der Waals surface area contributed by atoms with Gasteiger partial charge in [-0.3, -0.25) is 4.99 Å². The first-order valence-corrected chi connectivity index (χ1v) is 6.63. The summed E-state index contributed by atoms with van der Waals surface area (Å²) < 4.78 is 10.4. The maximum Gasteiger partial charge on any atom is 0.193 e. The molecule has 0 bridgehead atoms. The van der Waals surface area contributed by atoms with Crippen LogP contribution in [0.5, 0.6) is 5.75 Å². The number of aliphatic hydroxyl groups is 1. The van der Waals surface area contributed by atoms with E-state index in [9.17, 15) is 5.11 Å². The Morgan fingerprint density at radius 3 is 2.85 bits per heavy atom. The standard InChI is InChI=1S/C14H21N3O3/c1-19-12-5-3-2-4-11(12)17-13(15)16-10-14(18)6-8-20-9-7-14/h2-5,18H,6-10H2,1H3,(H3,15,16,17). The van der Waals surface area contributed by atoms with Gasteiger partial charge in [-0.2, -0.15) is 0 Å². The Labute approximate surface area is 118 Å². The van der Waals surface area contributed by atoms with Crippen molar-refractivity contribution in [3.05, 3.63) is 24.3 Å². The summed E-state index contributed by atoms with van der Waals surface area (Å²) in [7, 11) is 1.60. The monoisotopic (exact) mass is 279 g/mol. The van der Waals surface area contributed by atoms with Gasteiger partial charge in [0.15, 0.2) is 5.96 Å². The van der Waals surface area contributed by atoms with Crippen LogP contribution in [-0.2, 0) is 4.74 Å². The van der Waals surface area contributed by atoms with Gasteiger partial charge in [0.1, 0.15) is 5.75 Å². The second-order valence-corrected chi connectivity index (χ2v) is 4.86. The lowest BCUT2D eigenvalue weighted by Gasteiger charge is -2.30. The molecule has 6 nitrogen and oxygen atoms in total. The molecule has 4 N–H and O–H groups in total. The molecule has 0 aliphatic carbocycles. The van der Waals surface area contributed by atoms with Crippen molar-refractivity contribution in [1.82, 2.24) is 0 Å². The molecule has 20 heavy (non-hydrogen) atoms. The number of guanidine groups is 1. The lowest BCUT2D eigenvalue weighted by atomic mass is 9.95. The van der Waals surface area contributed by atoms with Gasteiger partial charge in [-0.25, -0.2) is 0 Å². The van der Waals surface area contributed by atoms with E-state index in [2.05, 4.69) is 10.3 Å². The summed E-state index contributed by atoms with van der Waals surface area (Å²) in [6.45, 7) is 1.39. The van der Waals surface area contributed by atoms with E-state index in [0.717, 1.165) is 5.69 Å². The third-order valence-corrected chi connectivity index (χ3v) is 3.34. The number of anilines is 1. The van der Waals surface area contributed by atoms with Gasteiger partial charge in [-0.15, -0.1) is 0 Å². The summed E-state index contributed by atoms with van der Waals surface area (Å²) >= 11 is 0. The largest absolute Gasteiger partial charge is 0.495 e. The Bertz CT molecular complexity index is 470. The minimum absolute atomic E-state index is 0.259. The van der Waals surface area contributed by atoms with Crippen molar-refractivity contribution in [2.75, 3.05) is 32.2 Å². The summed E-state index contributed by atoms with van der Waals surface area (Å²) in [4.78, 5) is 4.21. The normalized spacial score (nSPS) is 18.6. The first-order valence-electron chi connectivity index (χ1n) is 6.63. The zero-order valence-corrected chi connectivity index (χ0v) is 11.6. The predicted octanol–water partition coefficient (Wildman–Crippen LogP) is 0.963. The van der Waals surface area contributed by atoms with E-state index in [1.54, 1.807) is 7.11 Å². The van der Waals surface area contributed by atoms with E-state index in [-0.39, 0.29) is 12.5 Å². The number of nitrogens with two attached hydrogens (primary N) is 1. The number of hydrogen-bond acceptors (Lipinski definition) is 4. The first kappa shape index (κ1) is 14.6. The van der Waals surface area contributed by atoms with Crippen LogP contribution in [0.1, 0.15) is 12.8 Å². The van der Waals surface area contributed by atoms with Crippen LogP contribution in [-0.4, -0.2) is 43.5 Å². The molecule has 1 aliphatic rings. The van der Waals surface area contributed by atoms with Gasteiger partial charge in [0.05, 0.1) is 24.9 Å². The average molecular weight is 279 g/mol. The third-order valence-electron chi connectivity index (χ3n) is 3.34. The number of aliphatic imine (C=N–C) groups is 1. The molecule has 110 valence electrons. The molecule has 1 aromatic rings. The highest BCUT2D eigenvalue weighted by Gasteiger charge is 2.29. The molecule has 0 saturated carbocycles.